The van der Waals surface area contributed by atoms with E-state index in [0.717, 1.165) is 16.9 Å². The van der Waals surface area contributed by atoms with Gasteiger partial charge in [-0.1, -0.05) is 24.3 Å². The van der Waals surface area contributed by atoms with Crippen molar-refractivity contribution < 1.29 is 27.5 Å². The van der Waals surface area contributed by atoms with Crippen LogP contribution in [0, 0.1) is 0 Å². The summed E-state index contributed by atoms with van der Waals surface area (Å²) in [6.45, 7) is 2.40. The highest BCUT2D eigenvalue weighted by Gasteiger charge is 2.08. The van der Waals surface area contributed by atoms with Crippen LogP contribution in [-0.2, 0) is 30.8 Å². The lowest BCUT2D eigenvalue weighted by Gasteiger charge is -2.06. The smallest absolute Gasteiger partial charge is 0.331 e. The lowest BCUT2D eigenvalue weighted by molar-refractivity contribution is -0.143. The van der Waals surface area contributed by atoms with E-state index in [-0.39, 0.29) is 4.90 Å². The second-order valence-electron chi connectivity index (χ2n) is 6.23. The number of carbonyl (C=O) groups excluding carboxylic acids is 2. The van der Waals surface area contributed by atoms with Crippen molar-refractivity contribution in [1.29, 1.82) is 0 Å². The second-order valence-corrected chi connectivity index (χ2v) is 7.79. The summed E-state index contributed by atoms with van der Waals surface area (Å²) in [6, 6.07) is 13.3. The maximum atomic E-state index is 11.8. The van der Waals surface area contributed by atoms with E-state index >= 15 is 0 Å². The maximum Gasteiger partial charge on any atom is 0.331 e. The molecular formula is C21H24N2O6S. The summed E-state index contributed by atoms with van der Waals surface area (Å²) in [4.78, 5) is 23.5. The number of nitrogens with one attached hydrogen (secondary N) is 1. The van der Waals surface area contributed by atoms with Gasteiger partial charge in [0.25, 0.3) is 5.91 Å². The molecule has 3 N–H and O–H groups in total. The molecule has 0 aliphatic heterocycles. The number of sulfonamides is 1. The summed E-state index contributed by atoms with van der Waals surface area (Å²) in [5, 5.41) is 7.67. The molecule has 0 aliphatic rings. The lowest BCUT2D eigenvalue weighted by atomic mass is 10.1. The molecule has 8 nitrogen and oxygen atoms in total. The van der Waals surface area contributed by atoms with Gasteiger partial charge in [0, 0.05) is 12.6 Å². The molecule has 0 saturated carbocycles. The maximum absolute atomic E-state index is 11.8. The minimum absolute atomic E-state index is 0.0282. The predicted octanol–water partition coefficient (Wildman–Crippen LogP) is 1.65. The molecule has 2 aromatic rings. The zero-order valence-electron chi connectivity index (χ0n) is 16.5. The van der Waals surface area contributed by atoms with Crippen molar-refractivity contribution in [3.8, 4) is 5.75 Å². The van der Waals surface area contributed by atoms with Gasteiger partial charge in [-0.2, -0.15) is 0 Å². The Kier molecular flexibility index (Phi) is 8.57. The van der Waals surface area contributed by atoms with E-state index in [1.54, 1.807) is 42.5 Å². The number of hydrogen-bond donors (Lipinski definition) is 2. The monoisotopic (exact) mass is 432 g/mol. The molecule has 0 atom stereocenters. The van der Waals surface area contributed by atoms with Gasteiger partial charge in [0.05, 0.1) is 11.5 Å². The van der Waals surface area contributed by atoms with E-state index in [9.17, 15) is 18.0 Å². The molecule has 0 saturated heterocycles. The zero-order valence-corrected chi connectivity index (χ0v) is 17.4. The van der Waals surface area contributed by atoms with Crippen molar-refractivity contribution in [1.82, 2.24) is 5.32 Å². The number of primary sulfonamides is 1. The molecule has 0 radical (unpaired) electrons. The molecule has 9 heteroatoms. The van der Waals surface area contributed by atoms with Crippen LogP contribution in [0.4, 0.5) is 0 Å². The van der Waals surface area contributed by atoms with Crippen LogP contribution < -0.4 is 15.2 Å². The number of rotatable bonds is 10. The van der Waals surface area contributed by atoms with E-state index in [1.165, 1.54) is 18.2 Å². The fraction of sp³-hybridized carbons (Fsp3) is 0.238. The largest absolute Gasteiger partial charge is 0.494 e. The van der Waals surface area contributed by atoms with Crippen LogP contribution in [0.15, 0.2) is 59.5 Å². The molecule has 0 aromatic heterocycles. The first-order valence-corrected chi connectivity index (χ1v) is 10.8. The summed E-state index contributed by atoms with van der Waals surface area (Å²) in [5.74, 6) is -0.314. The van der Waals surface area contributed by atoms with Gasteiger partial charge in [-0.3, -0.25) is 4.79 Å². The Labute approximate surface area is 175 Å². The topological polar surface area (TPSA) is 125 Å². The van der Waals surface area contributed by atoms with Crippen LogP contribution in [-0.4, -0.2) is 40.1 Å². The van der Waals surface area contributed by atoms with Crippen molar-refractivity contribution in [3.05, 3.63) is 65.7 Å². The van der Waals surface area contributed by atoms with Crippen LogP contribution >= 0.6 is 0 Å². The zero-order chi connectivity index (χ0) is 22.0. The number of nitrogens with two attached hydrogens (primary N) is 1. The molecule has 0 bridgehead atoms. The Balaban J connectivity index is 1.69. The summed E-state index contributed by atoms with van der Waals surface area (Å²) < 4.78 is 32.7. The fourth-order valence-corrected chi connectivity index (χ4v) is 2.95. The second kappa shape index (κ2) is 11.1. The molecule has 0 heterocycles. The number of ether oxygens (including phenoxy) is 2. The molecule has 0 unspecified atom stereocenters. The highest BCUT2D eigenvalue weighted by Crippen LogP contribution is 2.13. The third kappa shape index (κ3) is 8.06. The van der Waals surface area contributed by atoms with Crippen molar-refractivity contribution >= 4 is 28.0 Å². The van der Waals surface area contributed by atoms with E-state index in [1.807, 2.05) is 6.92 Å². The molecule has 0 spiro atoms. The molecule has 2 aromatic carbocycles. The van der Waals surface area contributed by atoms with Gasteiger partial charge >= 0.3 is 5.97 Å². The number of hydrogen-bond acceptors (Lipinski definition) is 6. The average Bonchev–Trinajstić information content (AvgIpc) is 2.72. The normalized spacial score (nSPS) is 11.3. The standard InChI is InChI=1S/C21H24N2O6S/c1-2-28-18-8-3-16(4-9-18)7-12-21(25)29-15-20(24)23-14-13-17-5-10-19(11-6-17)30(22,26)27/h3-12H,2,13-15H2,1H3,(H,23,24)(H2,22,26,27)/b12-7-. The molecule has 2 rings (SSSR count). The van der Waals surface area contributed by atoms with Gasteiger partial charge < -0.3 is 14.8 Å². The number of benzene rings is 2. The SMILES string of the molecule is CCOc1ccc(/C=C\C(=O)OCC(=O)NCCc2ccc(S(N)(=O)=O)cc2)cc1. The van der Waals surface area contributed by atoms with E-state index < -0.39 is 28.5 Å². The first-order valence-electron chi connectivity index (χ1n) is 9.24. The molecule has 0 fully saturated rings. The minimum atomic E-state index is -3.73. The molecule has 30 heavy (non-hydrogen) atoms. The molecule has 160 valence electrons. The van der Waals surface area contributed by atoms with Crippen LogP contribution in [0.3, 0.4) is 0 Å². The summed E-state index contributed by atoms with van der Waals surface area (Å²) >= 11 is 0. The van der Waals surface area contributed by atoms with Crippen LogP contribution in [0.25, 0.3) is 6.08 Å². The van der Waals surface area contributed by atoms with Crippen molar-refractivity contribution in [2.45, 2.75) is 18.2 Å². The summed E-state index contributed by atoms with van der Waals surface area (Å²) in [5.41, 5.74) is 1.63. The Morgan fingerprint density at radius 1 is 1.07 bits per heavy atom. The minimum Gasteiger partial charge on any atom is -0.494 e. The van der Waals surface area contributed by atoms with E-state index in [0.29, 0.717) is 19.6 Å². The van der Waals surface area contributed by atoms with Gasteiger partial charge in [-0.15, -0.1) is 0 Å². The first-order chi connectivity index (χ1) is 14.3. The van der Waals surface area contributed by atoms with Crippen LogP contribution in [0.5, 0.6) is 5.75 Å². The number of carbonyl (C=O) groups is 2. The molecule has 1 amide bonds. The molecule has 0 aliphatic carbocycles. The Morgan fingerprint density at radius 2 is 1.73 bits per heavy atom. The van der Waals surface area contributed by atoms with Crippen LogP contribution in [0.1, 0.15) is 18.1 Å². The average molecular weight is 432 g/mol. The third-order valence-electron chi connectivity index (χ3n) is 3.94. The van der Waals surface area contributed by atoms with Gasteiger partial charge in [0.2, 0.25) is 10.0 Å². The van der Waals surface area contributed by atoms with E-state index in [4.69, 9.17) is 14.6 Å². The third-order valence-corrected chi connectivity index (χ3v) is 4.87. The Bertz CT molecular complexity index is 983. The lowest BCUT2D eigenvalue weighted by Crippen LogP contribution is -2.30. The molecular weight excluding hydrogens is 408 g/mol. The fourth-order valence-electron chi connectivity index (χ4n) is 2.43. The van der Waals surface area contributed by atoms with E-state index in [2.05, 4.69) is 5.32 Å². The first kappa shape index (κ1) is 23.1. The van der Waals surface area contributed by atoms with Crippen LogP contribution in [0.2, 0.25) is 0 Å². The number of esters is 1. The Hall–Kier alpha value is -3.17. The van der Waals surface area contributed by atoms with Crippen molar-refractivity contribution in [3.63, 3.8) is 0 Å². The Morgan fingerprint density at radius 3 is 2.33 bits per heavy atom. The highest BCUT2D eigenvalue weighted by molar-refractivity contribution is 7.89. The van der Waals surface area contributed by atoms with Gasteiger partial charge in [-0.25, -0.2) is 18.4 Å². The summed E-state index contributed by atoms with van der Waals surface area (Å²) in [7, 11) is -3.73. The van der Waals surface area contributed by atoms with Crippen molar-refractivity contribution in [2.75, 3.05) is 19.8 Å². The van der Waals surface area contributed by atoms with Crippen molar-refractivity contribution in [2.24, 2.45) is 5.14 Å². The number of amides is 1. The van der Waals surface area contributed by atoms with Gasteiger partial charge in [0.15, 0.2) is 6.61 Å². The summed E-state index contributed by atoms with van der Waals surface area (Å²) in [6.07, 6.45) is 3.32. The van der Waals surface area contributed by atoms with Gasteiger partial charge in [-0.05, 0) is 54.8 Å². The highest BCUT2D eigenvalue weighted by atomic mass is 32.2. The predicted molar refractivity (Wildman–Crippen MR) is 112 cm³/mol. The quantitative estimate of drug-likeness (QED) is 0.434. The van der Waals surface area contributed by atoms with Gasteiger partial charge in [0.1, 0.15) is 5.75 Å².